The zero-order valence-electron chi connectivity index (χ0n) is 12.3. The molecular formula is C17H10ClF2NO3. The highest BCUT2D eigenvalue weighted by Crippen LogP contribution is 2.26. The third kappa shape index (κ3) is 2.76. The topological polar surface area (TPSA) is 59.3 Å². The van der Waals surface area contributed by atoms with Crippen molar-refractivity contribution >= 4 is 34.2 Å². The molecule has 3 aromatic rings. The van der Waals surface area contributed by atoms with Crippen LogP contribution in [0.3, 0.4) is 0 Å². The number of fused-ring (bicyclic) bond motifs is 1. The van der Waals surface area contributed by atoms with Crippen molar-refractivity contribution in [2.24, 2.45) is 0 Å². The molecule has 4 nitrogen and oxygen atoms in total. The van der Waals surface area contributed by atoms with Gasteiger partial charge >= 0.3 is 5.63 Å². The molecule has 0 atom stereocenters. The number of para-hydroxylation sites is 1. The maximum atomic E-state index is 13.3. The van der Waals surface area contributed by atoms with Gasteiger partial charge in [-0.3, -0.25) is 4.79 Å². The summed E-state index contributed by atoms with van der Waals surface area (Å²) in [6.45, 7) is 1.60. The lowest BCUT2D eigenvalue weighted by atomic mass is 10.1. The van der Waals surface area contributed by atoms with Crippen LogP contribution in [0.5, 0.6) is 0 Å². The fourth-order valence-corrected chi connectivity index (χ4v) is 2.57. The first-order valence-electron chi connectivity index (χ1n) is 6.87. The second-order valence-electron chi connectivity index (χ2n) is 5.09. The first kappa shape index (κ1) is 16.1. The summed E-state index contributed by atoms with van der Waals surface area (Å²) < 4.78 is 31.5. The first-order chi connectivity index (χ1) is 11.4. The van der Waals surface area contributed by atoms with Crippen molar-refractivity contribution in [3.63, 3.8) is 0 Å². The number of carbonyl (C=O) groups is 1. The van der Waals surface area contributed by atoms with Gasteiger partial charge in [0.15, 0.2) is 11.6 Å². The predicted molar refractivity (Wildman–Crippen MR) is 86.5 cm³/mol. The minimum atomic E-state index is -1.17. The van der Waals surface area contributed by atoms with Gasteiger partial charge in [0.25, 0.3) is 5.91 Å². The quantitative estimate of drug-likeness (QED) is 0.554. The lowest BCUT2D eigenvalue weighted by Gasteiger charge is -2.10. The van der Waals surface area contributed by atoms with E-state index in [-0.39, 0.29) is 16.3 Å². The van der Waals surface area contributed by atoms with E-state index in [1.54, 1.807) is 31.2 Å². The Bertz CT molecular complexity index is 1030. The lowest BCUT2D eigenvalue weighted by molar-refractivity contribution is 0.102. The number of hydrogen-bond donors (Lipinski definition) is 1. The summed E-state index contributed by atoms with van der Waals surface area (Å²) in [5.41, 5.74) is -0.440. The molecule has 3 rings (SSSR count). The van der Waals surface area contributed by atoms with Crippen molar-refractivity contribution in [2.45, 2.75) is 6.92 Å². The predicted octanol–water partition coefficient (Wildman–Crippen LogP) is 4.29. The van der Waals surface area contributed by atoms with Gasteiger partial charge in [-0.25, -0.2) is 13.6 Å². The van der Waals surface area contributed by atoms with E-state index in [2.05, 4.69) is 5.32 Å². The summed E-state index contributed by atoms with van der Waals surface area (Å²) in [6, 6.07) is 8.23. The maximum absolute atomic E-state index is 13.3. The van der Waals surface area contributed by atoms with Gasteiger partial charge in [-0.2, -0.15) is 0 Å². The van der Waals surface area contributed by atoms with Crippen molar-refractivity contribution in [2.75, 3.05) is 5.32 Å². The molecule has 0 aliphatic heterocycles. The molecule has 1 aromatic heterocycles. The highest BCUT2D eigenvalue weighted by atomic mass is 35.5. The van der Waals surface area contributed by atoms with Crippen LogP contribution in [0.15, 0.2) is 45.6 Å². The van der Waals surface area contributed by atoms with Gasteiger partial charge in [-0.15, -0.1) is 0 Å². The van der Waals surface area contributed by atoms with Gasteiger partial charge in [-0.05, 0) is 24.6 Å². The van der Waals surface area contributed by atoms with Crippen LogP contribution in [0.2, 0.25) is 5.02 Å². The van der Waals surface area contributed by atoms with Crippen LogP contribution in [0.1, 0.15) is 15.9 Å². The average Bonchev–Trinajstić information content (AvgIpc) is 2.52. The van der Waals surface area contributed by atoms with Crippen molar-refractivity contribution < 1.29 is 18.0 Å². The van der Waals surface area contributed by atoms with Gasteiger partial charge in [0.2, 0.25) is 0 Å². The van der Waals surface area contributed by atoms with E-state index < -0.39 is 23.2 Å². The van der Waals surface area contributed by atoms with Gasteiger partial charge < -0.3 is 9.73 Å². The van der Waals surface area contributed by atoms with E-state index in [0.717, 1.165) is 12.1 Å². The van der Waals surface area contributed by atoms with E-state index in [1.807, 2.05) is 0 Å². The number of carbonyl (C=O) groups excluding carboxylic acids is 1. The summed E-state index contributed by atoms with van der Waals surface area (Å²) in [4.78, 5) is 24.5. The molecule has 122 valence electrons. The summed E-state index contributed by atoms with van der Waals surface area (Å²) in [6.07, 6.45) is 0. The second-order valence-corrected chi connectivity index (χ2v) is 5.49. The van der Waals surface area contributed by atoms with Crippen molar-refractivity contribution in [1.82, 2.24) is 0 Å². The van der Waals surface area contributed by atoms with Crippen LogP contribution in [0.25, 0.3) is 11.0 Å². The van der Waals surface area contributed by atoms with Crippen molar-refractivity contribution in [1.29, 1.82) is 0 Å². The normalized spacial score (nSPS) is 10.8. The Morgan fingerprint density at radius 2 is 1.83 bits per heavy atom. The molecule has 0 saturated carbocycles. The highest BCUT2D eigenvalue weighted by molar-refractivity contribution is 6.34. The fraction of sp³-hybridized carbons (Fsp3) is 0.0588. The molecule has 1 amide bonds. The van der Waals surface area contributed by atoms with Crippen LogP contribution in [-0.2, 0) is 0 Å². The van der Waals surface area contributed by atoms with Gasteiger partial charge in [0.05, 0.1) is 10.7 Å². The number of anilines is 1. The van der Waals surface area contributed by atoms with E-state index in [4.69, 9.17) is 16.0 Å². The third-order valence-corrected chi connectivity index (χ3v) is 3.87. The van der Waals surface area contributed by atoms with Gasteiger partial charge in [0.1, 0.15) is 11.1 Å². The van der Waals surface area contributed by atoms with Crippen LogP contribution in [-0.4, -0.2) is 5.91 Å². The Morgan fingerprint density at radius 1 is 1.17 bits per heavy atom. The van der Waals surface area contributed by atoms with Crippen LogP contribution in [0.4, 0.5) is 14.5 Å². The molecule has 2 aromatic carbocycles. The number of amides is 1. The standard InChI is InChI=1S/C17H10ClF2NO3/c1-8-9-4-2-3-5-14(9)24-17(23)15(8)16(22)21-13-7-12(20)11(19)6-10(13)18/h2-7H,1H3,(H,21,22). The molecule has 0 fully saturated rings. The molecule has 0 aliphatic carbocycles. The molecule has 0 bridgehead atoms. The number of nitrogens with one attached hydrogen (secondary N) is 1. The number of aryl methyl sites for hydroxylation is 1. The molecular weight excluding hydrogens is 340 g/mol. The average molecular weight is 350 g/mol. The summed E-state index contributed by atoms with van der Waals surface area (Å²) in [5, 5.41) is 2.71. The first-order valence-corrected chi connectivity index (χ1v) is 7.24. The lowest BCUT2D eigenvalue weighted by Crippen LogP contribution is -2.23. The molecule has 0 aliphatic rings. The smallest absolute Gasteiger partial charge is 0.349 e. The SMILES string of the molecule is Cc1c(C(=O)Nc2cc(F)c(F)cc2Cl)c(=O)oc2ccccc12. The molecule has 0 spiro atoms. The van der Waals surface area contributed by atoms with E-state index in [1.165, 1.54) is 0 Å². The van der Waals surface area contributed by atoms with Gasteiger partial charge in [-0.1, -0.05) is 29.8 Å². The Kier molecular flexibility index (Phi) is 4.07. The van der Waals surface area contributed by atoms with Crippen molar-refractivity contribution in [3.8, 4) is 0 Å². The van der Waals surface area contributed by atoms with Crippen LogP contribution >= 0.6 is 11.6 Å². The van der Waals surface area contributed by atoms with Crippen LogP contribution in [0, 0.1) is 18.6 Å². The Hall–Kier alpha value is -2.73. The zero-order chi connectivity index (χ0) is 17.4. The molecule has 1 heterocycles. The van der Waals surface area contributed by atoms with E-state index >= 15 is 0 Å². The number of benzene rings is 2. The molecule has 24 heavy (non-hydrogen) atoms. The van der Waals surface area contributed by atoms with E-state index in [9.17, 15) is 18.4 Å². The molecule has 0 saturated heterocycles. The highest BCUT2D eigenvalue weighted by Gasteiger charge is 2.20. The van der Waals surface area contributed by atoms with E-state index in [0.29, 0.717) is 16.5 Å². The van der Waals surface area contributed by atoms with Crippen molar-refractivity contribution in [3.05, 3.63) is 74.6 Å². The summed E-state index contributed by atoms with van der Waals surface area (Å²) in [5.74, 6) is -3.13. The molecule has 0 unspecified atom stereocenters. The summed E-state index contributed by atoms with van der Waals surface area (Å²) >= 11 is 5.78. The Balaban J connectivity index is 2.07. The Labute approximate surface area is 139 Å². The molecule has 0 radical (unpaired) electrons. The number of rotatable bonds is 2. The summed E-state index contributed by atoms with van der Waals surface area (Å²) in [7, 11) is 0. The maximum Gasteiger partial charge on any atom is 0.349 e. The number of halogens is 3. The number of hydrogen-bond acceptors (Lipinski definition) is 3. The van der Waals surface area contributed by atoms with Crippen LogP contribution < -0.4 is 10.9 Å². The van der Waals surface area contributed by atoms with Gasteiger partial charge in [0, 0.05) is 11.5 Å². The molecule has 1 N–H and O–H groups in total. The largest absolute Gasteiger partial charge is 0.422 e. The zero-order valence-corrected chi connectivity index (χ0v) is 13.1. The third-order valence-electron chi connectivity index (χ3n) is 3.56. The minimum Gasteiger partial charge on any atom is -0.422 e. The fourth-order valence-electron chi connectivity index (χ4n) is 2.37. The Morgan fingerprint density at radius 3 is 2.58 bits per heavy atom. The second kappa shape index (κ2) is 6.05. The minimum absolute atomic E-state index is 0.146. The molecule has 7 heteroatoms. The monoisotopic (exact) mass is 349 g/mol.